The van der Waals surface area contributed by atoms with Gasteiger partial charge in [0, 0.05) is 6.04 Å². The minimum Gasteiger partial charge on any atom is -0.323 e. The number of anilines is 1. The second-order valence-corrected chi connectivity index (χ2v) is 7.54. The highest BCUT2D eigenvalue weighted by atomic mass is 32.1. The molecule has 8 nitrogen and oxygen atoms in total. The Kier molecular flexibility index (Phi) is 5.32. The number of benzene rings is 2. The monoisotopic (exact) mass is 408 g/mol. The summed E-state index contributed by atoms with van der Waals surface area (Å²) in [7, 11) is 0. The minimum atomic E-state index is -0.179. The van der Waals surface area contributed by atoms with Gasteiger partial charge in [-0.2, -0.15) is 8.73 Å². The van der Waals surface area contributed by atoms with Gasteiger partial charge in [0.05, 0.1) is 41.0 Å². The third-order valence-electron chi connectivity index (χ3n) is 4.65. The van der Waals surface area contributed by atoms with Crippen molar-refractivity contribution in [3.05, 3.63) is 58.6 Å². The number of hydrogen-bond donors (Lipinski definition) is 2. The van der Waals surface area contributed by atoms with Gasteiger partial charge in [0.2, 0.25) is 5.91 Å². The molecule has 0 radical (unpaired) electrons. The molecule has 1 aromatic heterocycles. The number of carbonyl (C=O) groups is 1. The molecule has 3 aromatic rings. The van der Waals surface area contributed by atoms with Crippen molar-refractivity contribution < 1.29 is 4.79 Å². The van der Waals surface area contributed by atoms with Crippen molar-refractivity contribution in [3.8, 4) is 0 Å². The smallest absolute Gasteiger partial charge is 0.258 e. The Morgan fingerprint density at radius 2 is 2.00 bits per heavy atom. The Balaban J connectivity index is 1.50. The molecule has 29 heavy (non-hydrogen) atoms. The second kappa shape index (κ2) is 8.06. The lowest BCUT2D eigenvalue weighted by molar-refractivity contribution is -0.117. The van der Waals surface area contributed by atoms with E-state index in [2.05, 4.69) is 24.0 Å². The number of aromatic amines is 1. The normalized spacial score (nSPS) is 12.4. The maximum atomic E-state index is 12.7. The summed E-state index contributed by atoms with van der Waals surface area (Å²) in [6.07, 6.45) is 0. The Bertz CT molecular complexity index is 1210. The van der Waals surface area contributed by atoms with E-state index < -0.39 is 0 Å². The van der Waals surface area contributed by atoms with E-state index in [1.54, 1.807) is 6.07 Å². The molecule has 2 heterocycles. The van der Waals surface area contributed by atoms with Gasteiger partial charge in [0.25, 0.3) is 5.56 Å². The van der Waals surface area contributed by atoms with E-state index in [1.807, 2.05) is 55.1 Å². The van der Waals surface area contributed by atoms with E-state index in [0.717, 1.165) is 17.0 Å². The highest BCUT2D eigenvalue weighted by Gasteiger charge is 2.18. The van der Waals surface area contributed by atoms with Crippen LogP contribution in [0.25, 0.3) is 10.9 Å². The molecule has 0 fully saturated rings. The zero-order valence-corrected chi connectivity index (χ0v) is 16.9. The van der Waals surface area contributed by atoms with E-state index in [-0.39, 0.29) is 24.1 Å². The van der Waals surface area contributed by atoms with Crippen LogP contribution in [0.2, 0.25) is 0 Å². The predicted octanol–water partition coefficient (Wildman–Crippen LogP) is 3.50. The lowest BCUT2D eigenvalue weighted by atomic mass is 10.2. The van der Waals surface area contributed by atoms with Crippen LogP contribution in [0.5, 0.6) is 0 Å². The van der Waals surface area contributed by atoms with Gasteiger partial charge in [-0.3, -0.25) is 14.5 Å². The molecule has 0 saturated heterocycles. The quantitative estimate of drug-likeness (QED) is 0.510. The van der Waals surface area contributed by atoms with Crippen LogP contribution < -0.4 is 10.9 Å². The zero-order valence-electron chi connectivity index (χ0n) is 16.0. The van der Waals surface area contributed by atoms with Gasteiger partial charge >= 0.3 is 0 Å². The second-order valence-electron chi connectivity index (χ2n) is 7.01. The van der Waals surface area contributed by atoms with Crippen molar-refractivity contribution in [1.82, 2.24) is 14.9 Å². The summed E-state index contributed by atoms with van der Waals surface area (Å²) in [6.45, 7) is 4.50. The molecule has 0 aliphatic carbocycles. The fourth-order valence-electron chi connectivity index (χ4n) is 3.10. The fraction of sp³-hybridized carbons (Fsp3) is 0.250. The molecule has 1 amide bonds. The highest BCUT2D eigenvalue weighted by Crippen LogP contribution is 2.38. The summed E-state index contributed by atoms with van der Waals surface area (Å²) < 4.78 is 8.44. The number of aromatic nitrogens is 2. The molecule has 148 valence electrons. The first kappa shape index (κ1) is 19.2. The SMILES string of the molecule is CC(C)N(CC(=O)Nc1cccc2c1N=S=N2)Cc1nc2ccccc2c(=O)[nH]1. The first-order valence-corrected chi connectivity index (χ1v) is 9.97. The number of fused-ring (bicyclic) bond motifs is 2. The molecule has 2 aromatic carbocycles. The third-order valence-corrected chi connectivity index (χ3v) is 5.19. The van der Waals surface area contributed by atoms with Crippen molar-refractivity contribution in [2.45, 2.75) is 26.4 Å². The molecule has 0 bridgehead atoms. The lowest BCUT2D eigenvalue weighted by Crippen LogP contribution is -2.38. The van der Waals surface area contributed by atoms with E-state index in [4.69, 9.17) is 0 Å². The topological polar surface area (TPSA) is 103 Å². The molecule has 1 aliphatic heterocycles. The number of nitrogens with one attached hydrogen (secondary N) is 2. The highest BCUT2D eigenvalue weighted by molar-refractivity contribution is 7.58. The fourth-order valence-corrected chi connectivity index (χ4v) is 3.65. The molecule has 2 N–H and O–H groups in total. The Hall–Kier alpha value is -3.17. The maximum Gasteiger partial charge on any atom is 0.258 e. The Morgan fingerprint density at radius 3 is 2.83 bits per heavy atom. The molecule has 0 atom stereocenters. The summed E-state index contributed by atoms with van der Waals surface area (Å²) in [4.78, 5) is 34.3. The summed E-state index contributed by atoms with van der Waals surface area (Å²) in [5, 5.41) is 3.47. The van der Waals surface area contributed by atoms with E-state index in [1.165, 1.54) is 0 Å². The number of H-pyrrole nitrogens is 1. The van der Waals surface area contributed by atoms with Gasteiger partial charge in [-0.25, -0.2) is 4.98 Å². The number of para-hydroxylation sites is 1. The van der Waals surface area contributed by atoms with Crippen LogP contribution in [0, 0.1) is 0 Å². The van der Waals surface area contributed by atoms with Gasteiger partial charge in [0.15, 0.2) is 0 Å². The van der Waals surface area contributed by atoms with Crippen LogP contribution in [0.15, 0.2) is 56.0 Å². The third kappa shape index (κ3) is 4.15. The van der Waals surface area contributed by atoms with Gasteiger partial charge < -0.3 is 10.3 Å². The number of hydrogen-bond acceptors (Lipinski definition) is 6. The van der Waals surface area contributed by atoms with Gasteiger partial charge in [-0.1, -0.05) is 18.2 Å². The van der Waals surface area contributed by atoms with Crippen LogP contribution >= 0.6 is 0 Å². The maximum absolute atomic E-state index is 12.7. The molecule has 9 heteroatoms. The van der Waals surface area contributed by atoms with Crippen molar-refractivity contribution in [3.63, 3.8) is 0 Å². The van der Waals surface area contributed by atoms with Crippen molar-refractivity contribution in [2.24, 2.45) is 8.73 Å². The number of carbonyl (C=O) groups excluding carboxylic acids is 1. The van der Waals surface area contributed by atoms with Crippen LogP contribution in [0.4, 0.5) is 17.1 Å². The Morgan fingerprint density at radius 1 is 1.17 bits per heavy atom. The molecule has 4 rings (SSSR count). The van der Waals surface area contributed by atoms with E-state index >= 15 is 0 Å². The minimum absolute atomic E-state index is 0.0780. The summed E-state index contributed by atoms with van der Waals surface area (Å²) in [5.74, 6) is 0.364. The molecular formula is C20H20N6O2S. The van der Waals surface area contributed by atoms with Gasteiger partial charge in [-0.05, 0) is 38.1 Å². The predicted molar refractivity (Wildman–Crippen MR) is 115 cm³/mol. The summed E-state index contributed by atoms with van der Waals surface area (Å²) >= 11 is 1.11. The average molecular weight is 408 g/mol. The Labute approximate surface area is 170 Å². The molecular weight excluding hydrogens is 388 g/mol. The van der Waals surface area contributed by atoms with E-state index in [9.17, 15) is 9.59 Å². The average Bonchev–Trinajstić information content (AvgIpc) is 3.17. The van der Waals surface area contributed by atoms with Crippen LogP contribution in [0.3, 0.4) is 0 Å². The largest absolute Gasteiger partial charge is 0.323 e. The standard InChI is InChI=1S/C20H20N6O2S/c1-12(2)26(10-17-21-14-7-4-3-6-13(14)20(28)23-17)11-18(27)22-15-8-5-9-16-19(15)25-29-24-16/h3-9,12H,10-11H2,1-2H3,(H,22,27)(H,21,23,28). The molecule has 0 saturated carbocycles. The molecule has 1 aliphatic rings. The lowest BCUT2D eigenvalue weighted by Gasteiger charge is -2.25. The van der Waals surface area contributed by atoms with Crippen LogP contribution in [0.1, 0.15) is 19.7 Å². The first-order chi connectivity index (χ1) is 14.0. The van der Waals surface area contributed by atoms with Gasteiger partial charge in [-0.15, -0.1) is 0 Å². The number of nitrogens with zero attached hydrogens (tertiary/aromatic N) is 4. The zero-order chi connectivity index (χ0) is 20.4. The van der Waals surface area contributed by atoms with E-state index in [0.29, 0.717) is 34.6 Å². The van der Waals surface area contributed by atoms with Crippen LogP contribution in [-0.2, 0) is 22.7 Å². The van der Waals surface area contributed by atoms with Gasteiger partial charge in [0.1, 0.15) is 17.2 Å². The first-order valence-electron chi connectivity index (χ1n) is 9.24. The summed E-state index contributed by atoms with van der Waals surface area (Å²) in [6, 6.07) is 12.8. The number of amides is 1. The van der Waals surface area contributed by atoms with Crippen molar-refractivity contribution in [1.29, 1.82) is 0 Å². The van der Waals surface area contributed by atoms with Crippen molar-refractivity contribution >= 4 is 45.2 Å². The van der Waals surface area contributed by atoms with Crippen LogP contribution in [-0.4, -0.2) is 33.4 Å². The molecule has 0 spiro atoms. The van der Waals surface area contributed by atoms with Crippen molar-refractivity contribution in [2.75, 3.05) is 11.9 Å². The summed E-state index contributed by atoms with van der Waals surface area (Å²) in [5.41, 5.74) is 2.54. The number of rotatable bonds is 6. The molecule has 0 unspecified atom stereocenters.